The lowest BCUT2D eigenvalue weighted by Gasteiger charge is -1.94. The van der Waals surface area contributed by atoms with E-state index in [0.717, 1.165) is 17.5 Å². The fourth-order valence-corrected chi connectivity index (χ4v) is 1.38. The third-order valence-electron chi connectivity index (χ3n) is 1.98. The summed E-state index contributed by atoms with van der Waals surface area (Å²) < 4.78 is 12.8. The van der Waals surface area contributed by atoms with Crippen molar-refractivity contribution in [2.24, 2.45) is 5.73 Å². The Kier molecular flexibility index (Phi) is 3.43. The Labute approximate surface area is 86.9 Å². The summed E-state index contributed by atoms with van der Waals surface area (Å²) in [6, 6.07) is 3.02. The average Bonchev–Trinajstić information content (AvgIpc) is 2.49. The van der Waals surface area contributed by atoms with Crippen LogP contribution in [0.25, 0.3) is 11.0 Å². The highest BCUT2D eigenvalue weighted by Gasteiger charge is 2.04. The van der Waals surface area contributed by atoms with Gasteiger partial charge in [-0.25, -0.2) is 4.98 Å². The van der Waals surface area contributed by atoms with Gasteiger partial charge in [-0.2, -0.15) is 4.39 Å². The molecule has 0 spiro atoms. The van der Waals surface area contributed by atoms with Gasteiger partial charge in [0.25, 0.3) is 0 Å². The second-order valence-corrected chi connectivity index (χ2v) is 2.88. The van der Waals surface area contributed by atoms with Crippen LogP contribution in [0.15, 0.2) is 18.3 Å². The number of hydrogen-bond acceptors (Lipinski definition) is 2. The molecule has 0 aliphatic heterocycles. The minimum absolute atomic E-state index is 0. The van der Waals surface area contributed by atoms with Crippen LogP contribution in [0.1, 0.15) is 5.56 Å². The number of halogens is 2. The molecule has 0 atom stereocenters. The zero-order chi connectivity index (χ0) is 9.26. The fraction of sp³-hybridized carbons (Fsp3) is 0.222. The molecule has 0 aromatic carbocycles. The predicted molar refractivity (Wildman–Crippen MR) is 56.1 cm³/mol. The number of nitrogens with zero attached hydrogens (tertiary/aromatic N) is 1. The first kappa shape index (κ1) is 10.9. The highest BCUT2D eigenvalue weighted by atomic mass is 35.5. The second kappa shape index (κ2) is 4.39. The molecule has 0 radical (unpaired) electrons. The summed E-state index contributed by atoms with van der Waals surface area (Å²) in [5.41, 5.74) is 7.92. The molecular formula is C9H11ClFN3. The van der Waals surface area contributed by atoms with Crippen LogP contribution in [0.2, 0.25) is 0 Å². The number of fused-ring (bicyclic) bond motifs is 1. The van der Waals surface area contributed by atoms with Crippen LogP contribution in [0.5, 0.6) is 0 Å². The first-order chi connectivity index (χ1) is 6.31. The normalized spacial score (nSPS) is 10.1. The summed E-state index contributed by atoms with van der Waals surface area (Å²) in [5, 5.41) is 0. The van der Waals surface area contributed by atoms with Crippen LogP contribution in [0.3, 0.4) is 0 Å². The van der Waals surface area contributed by atoms with Gasteiger partial charge >= 0.3 is 0 Å². The predicted octanol–water partition coefficient (Wildman–Crippen LogP) is 1.62. The van der Waals surface area contributed by atoms with Gasteiger partial charge in [-0.05, 0) is 30.7 Å². The highest BCUT2D eigenvalue weighted by molar-refractivity contribution is 5.85. The van der Waals surface area contributed by atoms with E-state index in [2.05, 4.69) is 9.97 Å². The highest BCUT2D eigenvalue weighted by Crippen LogP contribution is 2.15. The topological polar surface area (TPSA) is 54.7 Å². The van der Waals surface area contributed by atoms with Crippen molar-refractivity contribution < 1.29 is 4.39 Å². The zero-order valence-corrected chi connectivity index (χ0v) is 8.27. The van der Waals surface area contributed by atoms with E-state index < -0.39 is 5.95 Å². The largest absolute Gasteiger partial charge is 0.360 e. The Balaban J connectivity index is 0.000000980. The van der Waals surface area contributed by atoms with Crippen molar-refractivity contribution in [3.05, 3.63) is 29.8 Å². The van der Waals surface area contributed by atoms with Crippen molar-refractivity contribution in [2.45, 2.75) is 6.42 Å². The third kappa shape index (κ3) is 1.86. The number of nitrogens with one attached hydrogen (secondary N) is 1. The summed E-state index contributed by atoms with van der Waals surface area (Å²) >= 11 is 0. The van der Waals surface area contributed by atoms with Gasteiger partial charge in [-0.3, -0.25) is 0 Å². The summed E-state index contributed by atoms with van der Waals surface area (Å²) in [6.07, 6.45) is 2.54. The Bertz CT molecular complexity index is 427. The Morgan fingerprint density at radius 2 is 2.21 bits per heavy atom. The van der Waals surface area contributed by atoms with Crippen molar-refractivity contribution in [2.75, 3.05) is 6.54 Å². The quantitative estimate of drug-likeness (QED) is 0.749. The van der Waals surface area contributed by atoms with Gasteiger partial charge in [0.05, 0.1) is 11.0 Å². The van der Waals surface area contributed by atoms with Gasteiger partial charge in [0.1, 0.15) is 0 Å². The monoisotopic (exact) mass is 215 g/mol. The number of H-pyrrole nitrogens is 1. The molecule has 3 nitrogen and oxygen atoms in total. The van der Waals surface area contributed by atoms with Crippen molar-refractivity contribution in [3.8, 4) is 0 Å². The fourth-order valence-electron chi connectivity index (χ4n) is 1.38. The molecule has 3 N–H and O–H groups in total. The van der Waals surface area contributed by atoms with Crippen LogP contribution in [0, 0.1) is 5.95 Å². The van der Waals surface area contributed by atoms with Gasteiger partial charge < -0.3 is 10.7 Å². The standard InChI is InChI=1S/C9H10FN3.ClH/c10-8-2-1-7-9(13-8)6(3-4-11)5-12-7;/h1-2,5,12H,3-4,11H2;1H. The first-order valence-electron chi connectivity index (χ1n) is 4.14. The Morgan fingerprint density at radius 3 is 2.93 bits per heavy atom. The zero-order valence-electron chi connectivity index (χ0n) is 7.46. The number of nitrogens with two attached hydrogens (primary N) is 1. The van der Waals surface area contributed by atoms with Crippen molar-refractivity contribution in [1.82, 2.24) is 9.97 Å². The maximum absolute atomic E-state index is 12.8. The van der Waals surface area contributed by atoms with Crippen LogP contribution in [-0.4, -0.2) is 16.5 Å². The maximum Gasteiger partial charge on any atom is 0.213 e. The minimum atomic E-state index is -0.453. The lowest BCUT2D eigenvalue weighted by Crippen LogP contribution is -2.02. The van der Waals surface area contributed by atoms with Gasteiger partial charge in [0.2, 0.25) is 5.95 Å². The van der Waals surface area contributed by atoms with E-state index in [0.29, 0.717) is 12.1 Å². The number of aromatic amines is 1. The molecule has 0 fully saturated rings. The van der Waals surface area contributed by atoms with Crippen molar-refractivity contribution in [1.29, 1.82) is 0 Å². The van der Waals surface area contributed by atoms with Crippen LogP contribution < -0.4 is 5.73 Å². The van der Waals surface area contributed by atoms with Crippen LogP contribution >= 0.6 is 12.4 Å². The molecule has 14 heavy (non-hydrogen) atoms. The molecular weight excluding hydrogens is 205 g/mol. The van der Waals surface area contributed by atoms with E-state index >= 15 is 0 Å². The lowest BCUT2D eigenvalue weighted by atomic mass is 10.2. The SMILES string of the molecule is Cl.NCCc1c[nH]c2ccc(F)nc12. The van der Waals surface area contributed by atoms with Gasteiger partial charge in [-0.15, -0.1) is 12.4 Å². The van der Waals surface area contributed by atoms with Gasteiger partial charge in [0.15, 0.2) is 0 Å². The maximum atomic E-state index is 12.8. The lowest BCUT2D eigenvalue weighted by molar-refractivity contribution is 0.589. The summed E-state index contributed by atoms with van der Waals surface area (Å²) in [5.74, 6) is -0.453. The van der Waals surface area contributed by atoms with E-state index in [4.69, 9.17) is 5.73 Å². The molecule has 0 aliphatic rings. The molecule has 2 rings (SSSR count). The Morgan fingerprint density at radius 1 is 1.43 bits per heavy atom. The van der Waals surface area contributed by atoms with E-state index in [9.17, 15) is 4.39 Å². The molecule has 5 heteroatoms. The van der Waals surface area contributed by atoms with Crippen LogP contribution in [0.4, 0.5) is 4.39 Å². The van der Waals surface area contributed by atoms with E-state index in [1.165, 1.54) is 6.07 Å². The number of hydrogen-bond donors (Lipinski definition) is 2. The second-order valence-electron chi connectivity index (χ2n) is 2.88. The molecule has 0 unspecified atom stereocenters. The van der Waals surface area contributed by atoms with Gasteiger partial charge in [-0.1, -0.05) is 0 Å². The first-order valence-corrected chi connectivity index (χ1v) is 4.14. The van der Waals surface area contributed by atoms with Crippen LogP contribution in [-0.2, 0) is 6.42 Å². The van der Waals surface area contributed by atoms with E-state index in [1.807, 2.05) is 6.20 Å². The molecule has 0 amide bonds. The summed E-state index contributed by atoms with van der Waals surface area (Å²) in [6.45, 7) is 0.547. The molecule has 0 saturated heterocycles. The Hall–Kier alpha value is -1.13. The van der Waals surface area contributed by atoms with Crippen molar-refractivity contribution >= 4 is 23.4 Å². The third-order valence-corrected chi connectivity index (χ3v) is 1.98. The number of rotatable bonds is 2. The minimum Gasteiger partial charge on any atom is -0.360 e. The molecule has 2 aromatic heterocycles. The molecule has 0 saturated carbocycles. The van der Waals surface area contributed by atoms with E-state index in [-0.39, 0.29) is 12.4 Å². The summed E-state index contributed by atoms with van der Waals surface area (Å²) in [4.78, 5) is 6.82. The molecule has 76 valence electrons. The molecule has 2 heterocycles. The van der Waals surface area contributed by atoms with Gasteiger partial charge in [0, 0.05) is 6.20 Å². The molecule has 2 aromatic rings. The number of aromatic nitrogens is 2. The van der Waals surface area contributed by atoms with Crippen molar-refractivity contribution in [3.63, 3.8) is 0 Å². The average molecular weight is 216 g/mol. The molecule has 0 aliphatic carbocycles. The van der Waals surface area contributed by atoms with E-state index in [1.54, 1.807) is 6.07 Å². The smallest absolute Gasteiger partial charge is 0.213 e. The molecule has 0 bridgehead atoms. The number of pyridine rings is 1. The summed E-state index contributed by atoms with van der Waals surface area (Å²) in [7, 11) is 0.